The van der Waals surface area contributed by atoms with Crippen molar-refractivity contribution in [2.45, 2.75) is 59.6 Å². The molecule has 1 aliphatic rings. The summed E-state index contributed by atoms with van der Waals surface area (Å²) in [5, 5.41) is 12.0. The van der Waals surface area contributed by atoms with Crippen molar-refractivity contribution < 1.29 is 19.4 Å². The number of ketones is 1. The van der Waals surface area contributed by atoms with Crippen LogP contribution in [0.1, 0.15) is 67.5 Å². The molecule has 200 valence electrons. The molecule has 0 bridgehead atoms. The lowest BCUT2D eigenvalue weighted by molar-refractivity contribution is -0.132. The van der Waals surface area contributed by atoms with Gasteiger partial charge in [-0.1, -0.05) is 61.1 Å². The lowest BCUT2D eigenvalue weighted by Crippen LogP contribution is -2.29. The number of hydrogen-bond donors (Lipinski definition) is 1. The second-order valence-electron chi connectivity index (χ2n) is 10.6. The summed E-state index contributed by atoms with van der Waals surface area (Å²) in [7, 11) is 0. The molecule has 0 saturated carbocycles. The highest BCUT2D eigenvalue weighted by Crippen LogP contribution is 2.45. The Labute approximate surface area is 232 Å². The van der Waals surface area contributed by atoms with Crippen LogP contribution in [-0.4, -0.2) is 27.9 Å². The third-order valence-corrected chi connectivity index (χ3v) is 7.90. The molecule has 7 heteroatoms. The van der Waals surface area contributed by atoms with E-state index in [0.29, 0.717) is 22.4 Å². The minimum Gasteiger partial charge on any atom is -0.507 e. The largest absolute Gasteiger partial charge is 0.507 e. The van der Waals surface area contributed by atoms with Crippen molar-refractivity contribution in [3.8, 4) is 5.75 Å². The Kier molecular flexibility index (Phi) is 7.03. The van der Waals surface area contributed by atoms with Crippen LogP contribution >= 0.6 is 11.3 Å². The van der Waals surface area contributed by atoms with Gasteiger partial charge in [0.1, 0.15) is 11.5 Å². The number of aliphatic hydroxyl groups is 1. The van der Waals surface area contributed by atoms with Crippen LogP contribution in [0.5, 0.6) is 5.75 Å². The second-order valence-corrected chi connectivity index (χ2v) is 11.6. The monoisotopic (exact) mass is 540 g/mol. The van der Waals surface area contributed by atoms with E-state index in [1.807, 2.05) is 64.1 Å². The van der Waals surface area contributed by atoms with Crippen LogP contribution in [0.3, 0.4) is 0 Å². The average molecular weight is 541 g/mol. The van der Waals surface area contributed by atoms with Crippen LogP contribution in [0.25, 0.3) is 16.0 Å². The molecule has 1 aliphatic heterocycles. The first-order valence-electron chi connectivity index (χ1n) is 13.1. The molecule has 0 radical (unpaired) electrons. The molecular weight excluding hydrogens is 508 g/mol. The van der Waals surface area contributed by atoms with Crippen molar-refractivity contribution in [1.82, 2.24) is 4.98 Å². The molecule has 6 nitrogen and oxygen atoms in total. The number of rotatable bonds is 6. The van der Waals surface area contributed by atoms with E-state index in [-0.39, 0.29) is 17.4 Å². The van der Waals surface area contributed by atoms with E-state index in [2.05, 4.69) is 19.9 Å². The molecule has 1 unspecified atom stereocenters. The van der Waals surface area contributed by atoms with E-state index >= 15 is 0 Å². The Morgan fingerprint density at radius 2 is 1.77 bits per heavy atom. The number of aromatic nitrogens is 1. The van der Waals surface area contributed by atoms with Crippen molar-refractivity contribution >= 4 is 44.1 Å². The normalized spacial score (nSPS) is 17.1. The summed E-state index contributed by atoms with van der Waals surface area (Å²) >= 11 is 1.38. The van der Waals surface area contributed by atoms with Crippen LogP contribution in [0.2, 0.25) is 0 Å². The highest BCUT2D eigenvalue weighted by atomic mass is 32.1. The third-order valence-electron chi connectivity index (χ3n) is 6.89. The number of carbonyl (C=O) groups excluding carboxylic acids is 2. The van der Waals surface area contributed by atoms with E-state index in [0.717, 1.165) is 26.9 Å². The summed E-state index contributed by atoms with van der Waals surface area (Å²) in [6.07, 6.45) is 0.000202. The van der Waals surface area contributed by atoms with E-state index in [4.69, 9.17) is 9.72 Å². The minimum atomic E-state index is -0.818. The van der Waals surface area contributed by atoms with Gasteiger partial charge in [0.15, 0.2) is 5.13 Å². The van der Waals surface area contributed by atoms with Gasteiger partial charge in [-0.05, 0) is 80.6 Å². The van der Waals surface area contributed by atoms with Crippen molar-refractivity contribution in [2.75, 3.05) is 4.90 Å². The number of aliphatic hydroxyl groups excluding tert-OH is 1. The molecule has 4 aromatic rings. The standard InChI is InChI=1S/C32H32N2O4S/c1-17(2)21-10-12-24-26(16-21)39-32(33-24)34-28(22-9-7-8-19(5)14-22)27(30(36)31(34)37)29(35)23-11-13-25(20(6)15-23)38-18(3)4/h7-18,28,35H,1-6H3/b29-27+. The van der Waals surface area contributed by atoms with E-state index < -0.39 is 17.7 Å². The predicted octanol–water partition coefficient (Wildman–Crippen LogP) is 7.45. The maximum Gasteiger partial charge on any atom is 0.301 e. The maximum atomic E-state index is 13.6. The number of hydrogen-bond acceptors (Lipinski definition) is 6. The van der Waals surface area contributed by atoms with Gasteiger partial charge in [-0.2, -0.15) is 0 Å². The Morgan fingerprint density at radius 3 is 2.44 bits per heavy atom. The molecule has 0 spiro atoms. The number of benzene rings is 3. The van der Waals surface area contributed by atoms with Gasteiger partial charge in [0, 0.05) is 5.56 Å². The van der Waals surface area contributed by atoms with Gasteiger partial charge in [0.2, 0.25) is 0 Å². The highest BCUT2D eigenvalue weighted by molar-refractivity contribution is 7.22. The maximum absolute atomic E-state index is 13.6. The highest BCUT2D eigenvalue weighted by Gasteiger charge is 2.48. The molecule has 1 N–H and O–H groups in total. The molecule has 1 saturated heterocycles. The summed E-state index contributed by atoms with van der Waals surface area (Å²) in [6.45, 7) is 12.0. The van der Waals surface area contributed by atoms with E-state index in [9.17, 15) is 14.7 Å². The fourth-order valence-electron chi connectivity index (χ4n) is 4.91. The summed E-state index contributed by atoms with van der Waals surface area (Å²) < 4.78 is 6.78. The van der Waals surface area contributed by atoms with Gasteiger partial charge in [0.05, 0.1) is 27.9 Å². The Bertz CT molecular complexity index is 1630. The van der Waals surface area contributed by atoms with Crippen LogP contribution in [0.4, 0.5) is 5.13 Å². The molecule has 1 aromatic heterocycles. The first kappa shape index (κ1) is 26.6. The summed E-state index contributed by atoms with van der Waals surface area (Å²) in [5.41, 5.74) is 4.97. The molecule has 5 rings (SSSR count). The lowest BCUT2D eigenvalue weighted by atomic mass is 9.94. The Hall–Kier alpha value is -3.97. The number of nitrogens with zero attached hydrogens (tertiary/aromatic N) is 2. The number of ether oxygens (including phenoxy) is 1. The second kappa shape index (κ2) is 10.3. The number of carbonyl (C=O) groups is 2. The smallest absolute Gasteiger partial charge is 0.301 e. The predicted molar refractivity (Wildman–Crippen MR) is 157 cm³/mol. The first-order valence-corrected chi connectivity index (χ1v) is 13.9. The molecule has 2 heterocycles. The van der Waals surface area contributed by atoms with Crippen LogP contribution in [0.15, 0.2) is 66.2 Å². The van der Waals surface area contributed by atoms with Gasteiger partial charge < -0.3 is 9.84 Å². The number of fused-ring (bicyclic) bond motifs is 1. The Balaban J connectivity index is 1.68. The summed E-state index contributed by atoms with van der Waals surface area (Å²) in [5.74, 6) is -0.608. The minimum absolute atomic E-state index is 0.000202. The quantitative estimate of drug-likeness (QED) is 0.156. The summed E-state index contributed by atoms with van der Waals surface area (Å²) in [4.78, 5) is 33.3. The SMILES string of the molecule is Cc1cccc(C2/C(=C(\O)c3ccc(OC(C)C)c(C)c3)C(=O)C(=O)N2c2nc3ccc(C(C)C)cc3s2)c1. The topological polar surface area (TPSA) is 79.7 Å². The van der Waals surface area contributed by atoms with E-state index in [1.165, 1.54) is 21.8 Å². The molecule has 1 amide bonds. The van der Waals surface area contributed by atoms with Gasteiger partial charge in [-0.3, -0.25) is 14.5 Å². The van der Waals surface area contributed by atoms with Crippen molar-refractivity contribution in [3.63, 3.8) is 0 Å². The van der Waals surface area contributed by atoms with Crippen LogP contribution in [-0.2, 0) is 9.59 Å². The van der Waals surface area contributed by atoms with Crippen LogP contribution in [0, 0.1) is 13.8 Å². The van der Waals surface area contributed by atoms with Crippen LogP contribution < -0.4 is 9.64 Å². The van der Waals surface area contributed by atoms with E-state index in [1.54, 1.807) is 18.2 Å². The number of aryl methyl sites for hydroxylation is 2. The molecule has 0 aliphatic carbocycles. The van der Waals surface area contributed by atoms with Crippen molar-refractivity contribution in [3.05, 3.63) is 94.1 Å². The van der Waals surface area contributed by atoms with Gasteiger partial charge in [-0.25, -0.2) is 4.98 Å². The van der Waals surface area contributed by atoms with Gasteiger partial charge in [0.25, 0.3) is 5.78 Å². The fraction of sp³-hybridized carbons (Fsp3) is 0.281. The lowest BCUT2D eigenvalue weighted by Gasteiger charge is -2.23. The number of thiazole rings is 1. The number of anilines is 1. The fourth-order valence-corrected chi connectivity index (χ4v) is 5.96. The summed E-state index contributed by atoms with van der Waals surface area (Å²) in [6, 6.07) is 18.2. The third kappa shape index (κ3) is 4.94. The first-order chi connectivity index (χ1) is 18.5. The van der Waals surface area contributed by atoms with Gasteiger partial charge >= 0.3 is 5.91 Å². The zero-order valence-corrected chi connectivity index (χ0v) is 23.8. The van der Waals surface area contributed by atoms with Crippen molar-refractivity contribution in [2.24, 2.45) is 0 Å². The zero-order valence-electron chi connectivity index (χ0n) is 23.0. The Morgan fingerprint density at radius 1 is 1.00 bits per heavy atom. The number of Topliss-reactive ketones (excluding diaryl/α,β-unsaturated/α-hetero) is 1. The number of amides is 1. The molecule has 3 aromatic carbocycles. The molecule has 39 heavy (non-hydrogen) atoms. The molecular formula is C32H32N2O4S. The van der Waals surface area contributed by atoms with Gasteiger partial charge in [-0.15, -0.1) is 0 Å². The van der Waals surface area contributed by atoms with Crippen molar-refractivity contribution in [1.29, 1.82) is 0 Å². The molecule has 1 atom stereocenters. The zero-order chi connectivity index (χ0) is 28.0. The average Bonchev–Trinajstić information content (AvgIpc) is 3.42. The molecule has 1 fully saturated rings.